The third-order valence-corrected chi connectivity index (χ3v) is 5.99. The molecular weight excluding hydrogens is 442 g/mol. The number of likely N-dealkylation sites (tertiary alicyclic amines) is 1. The van der Waals surface area contributed by atoms with E-state index in [-0.39, 0.29) is 36.9 Å². The topological polar surface area (TPSA) is 97.8 Å². The van der Waals surface area contributed by atoms with E-state index in [0.717, 1.165) is 11.3 Å². The summed E-state index contributed by atoms with van der Waals surface area (Å²) >= 11 is 1.36. The number of benzene rings is 1. The van der Waals surface area contributed by atoms with Crippen molar-refractivity contribution in [3.8, 4) is 0 Å². The summed E-state index contributed by atoms with van der Waals surface area (Å²) in [6, 6.07) is 7.59. The summed E-state index contributed by atoms with van der Waals surface area (Å²) in [5.41, 5.74) is 1.95. The number of hydrogen-bond acceptors (Lipinski definition) is 7. The lowest BCUT2D eigenvalue weighted by Crippen LogP contribution is -2.43. The van der Waals surface area contributed by atoms with Gasteiger partial charge in [0.05, 0.1) is 18.0 Å². The van der Waals surface area contributed by atoms with E-state index in [1.807, 2.05) is 52.0 Å². The Kier molecular flexibility index (Phi) is 8.07. The second kappa shape index (κ2) is 10.8. The largest absolute Gasteiger partial charge is 0.459 e. The Labute approximate surface area is 198 Å². The predicted molar refractivity (Wildman–Crippen MR) is 126 cm³/mol. The second-order valence-electron chi connectivity index (χ2n) is 9.17. The number of aromatic nitrogens is 1. The van der Waals surface area contributed by atoms with Gasteiger partial charge in [-0.05, 0) is 52.7 Å². The minimum atomic E-state index is -0.541. The van der Waals surface area contributed by atoms with Crippen molar-refractivity contribution in [2.45, 2.75) is 59.2 Å². The highest BCUT2D eigenvalue weighted by Gasteiger charge is 2.30. The molecule has 2 amide bonds. The molecule has 0 bridgehead atoms. The molecule has 0 atom stereocenters. The van der Waals surface area contributed by atoms with E-state index in [2.05, 4.69) is 10.3 Å². The van der Waals surface area contributed by atoms with Crippen LogP contribution in [0.3, 0.4) is 0 Å². The number of aryl methyl sites for hydroxylation is 1. The fourth-order valence-corrected chi connectivity index (χ4v) is 4.14. The number of nitrogens with one attached hydrogen (secondary N) is 1. The molecule has 1 saturated heterocycles. The number of amides is 2. The van der Waals surface area contributed by atoms with Gasteiger partial charge < -0.3 is 19.7 Å². The Hall–Kier alpha value is -2.94. The number of anilines is 1. The fraction of sp³-hybridized carbons (Fsp3) is 0.500. The van der Waals surface area contributed by atoms with Crippen molar-refractivity contribution < 1.29 is 23.9 Å². The average Bonchev–Trinajstić information content (AvgIpc) is 3.19. The standard InChI is InChI=1S/C24H31N3O5S/c1-16-5-7-18(8-6-16)25-20(28)13-21-26-19(15-33-21)14-31-22(29)17-9-11-27(12-10-17)23(30)32-24(2,3)4/h5-8,15,17H,9-14H2,1-4H3,(H,25,28). The number of hydrogen-bond donors (Lipinski definition) is 1. The normalized spacial score (nSPS) is 14.6. The number of ether oxygens (including phenoxy) is 2. The fourth-order valence-electron chi connectivity index (χ4n) is 3.36. The van der Waals surface area contributed by atoms with Crippen molar-refractivity contribution >= 4 is 35.0 Å². The smallest absolute Gasteiger partial charge is 0.410 e. The van der Waals surface area contributed by atoms with Crippen LogP contribution in [0.2, 0.25) is 0 Å². The van der Waals surface area contributed by atoms with Gasteiger partial charge in [-0.2, -0.15) is 0 Å². The highest BCUT2D eigenvalue weighted by molar-refractivity contribution is 7.09. The van der Waals surface area contributed by atoms with E-state index >= 15 is 0 Å². The third kappa shape index (κ3) is 7.85. The lowest BCUT2D eigenvalue weighted by Gasteiger charge is -2.32. The first-order valence-electron chi connectivity index (χ1n) is 11.0. The van der Waals surface area contributed by atoms with Gasteiger partial charge in [0.1, 0.15) is 17.2 Å². The summed E-state index contributed by atoms with van der Waals surface area (Å²) in [5, 5.41) is 5.31. The predicted octanol–water partition coefficient (Wildman–Crippen LogP) is 4.32. The number of piperidine rings is 1. The molecule has 0 spiro atoms. The number of thiazole rings is 1. The Morgan fingerprint density at radius 3 is 2.45 bits per heavy atom. The van der Waals surface area contributed by atoms with Gasteiger partial charge in [0, 0.05) is 24.2 Å². The van der Waals surface area contributed by atoms with Crippen molar-refractivity contribution in [3.63, 3.8) is 0 Å². The Morgan fingerprint density at radius 2 is 1.82 bits per heavy atom. The molecule has 8 nitrogen and oxygen atoms in total. The second-order valence-corrected chi connectivity index (χ2v) is 10.1. The van der Waals surface area contributed by atoms with Crippen LogP contribution >= 0.6 is 11.3 Å². The van der Waals surface area contributed by atoms with Gasteiger partial charge in [0.25, 0.3) is 0 Å². The SMILES string of the molecule is Cc1ccc(NC(=O)Cc2nc(COC(=O)C3CCN(C(=O)OC(C)(C)C)CC3)cs2)cc1. The molecule has 178 valence electrons. The number of esters is 1. The first-order chi connectivity index (χ1) is 15.6. The van der Waals surface area contributed by atoms with Gasteiger partial charge in [0.2, 0.25) is 5.91 Å². The van der Waals surface area contributed by atoms with Crippen LogP contribution in [0, 0.1) is 12.8 Å². The minimum absolute atomic E-state index is 0.0706. The molecule has 1 N–H and O–H groups in total. The van der Waals surface area contributed by atoms with Crippen molar-refractivity contribution in [2.75, 3.05) is 18.4 Å². The molecule has 1 aromatic carbocycles. The van der Waals surface area contributed by atoms with Crippen molar-refractivity contribution in [1.29, 1.82) is 0 Å². The summed E-state index contributed by atoms with van der Waals surface area (Å²) in [6.45, 7) is 8.47. The Bertz CT molecular complexity index is 973. The van der Waals surface area contributed by atoms with Crippen molar-refractivity contribution in [1.82, 2.24) is 9.88 Å². The summed E-state index contributed by atoms with van der Waals surface area (Å²) < 4.78 is 10.8. The lowest BCUT2D eigenvalue weighted by molar-refractivity contribution is -0.151. The monoisotopic (exact) mass is 473 g/mol. The molecule has 0 unspecified atom stereocenters. The summed E-state index contributed by atoms with van der Waals surface area (Å²) in [7, 11) is 0. The maximum Gasteiger partial charge on any atom is 0.410 e. The first kappa shape index (κ1) is 24.7. The van der Waals surface area contributed by atoms with Crippen LogP contribution < -0.4 is 5.32 Å². The molecule has 0 radical (unpaired) electrons. The van der Waals surface area contributed by atoms with Crippen molar-refractivity contribution in [2.24, 2.45) is 5.92 Å². The molecule has 1 aliphatic rings. The summed E-state index contributed by atoms with van der Waals surface area (Å²) in [5.74, 6) is -0.680. The Balaban J connectivity index is 1.40. The van der Waals surface area contributed by atoms with Crippen LogP contribution in [0.1, 0.15) is 49.9 Å². The van der Waals surface area contributed by atoms with Crippen LogP contribution in [0.25, 0.3) is 0 Å². The number of rotatable bonds is 6. The zero-order chi connectivity index (χ0) is 24.0. The zero-order valence-corrected chi connectivity index (χ0v) is 20.4. The van der Waals surface area contributed by atoms with Gasteiger partial charge in [-0.25, -0.2) is 9.78 Å². The van der Waals surface area contributed by atoms with Crippen LogP contribution in [0.4, 0.5) is 10.5 Å². The van der Waals surface area contributed by atoms with Gasteiger partial charge in [-0.3, -0.25) is 9.59 Å². The molecule has 2 aromatic rings. The van der Waals surface area contributed by atoms with Crippen LogP contribution in [0.5, 0.6) is 0 Å². The highest BCUT2D eigenvalue weighted by atomic mass is 32.1. The average molecular weight is 474 g/mol. The molecule has 1 aromatic heterocycles. The number of carbonyl (C=O) groups excluding carboxylic acids is 3. The van der Waals surface area contributed by atoms with Gasteiger partial charge in [-0.15, -0.1) is 11.3 Å². The highest BCUT2D eigenvalue weighted by Crippen LogP contribution is 2.22. The maximum atomic E-state index is 12.4. The molecule has 9 heteroatoms. The van der Waals surface area contributed by atoms with Crippen LogP contribution in [-0.4, -0.2) is 46.5 Å². The third-order valence-electron chi connectivity index (χ3n) is 5.09. The molecule has 0 aliphatic carbocycles. The lowest BCUT2D eigenvalue weighted by atomic mass is 9.97. The van der Waals surface area contributed by atoms with Crippen LogP contribution in [0.15, 0.2) is 29.6 Å². The Morgan fingerprint density at radius 1 is 1.15 bits per heavy atom. The minimum Gasteiger partial charge on any atom is -0.459 e. The van der Waals surface area contributed by atoms with Crippen molar-refractivity contribution in [3.05, 3.63) is 45.9 Å². The maximum absolute atomic E-state index is 12.4. The molecule has 2 heterocycles. The molecule has 1 aliphatic heterocycles. The van der Waals surface area contributed by atoms with E-state index in [1.54, 1.807) is 10.3 Å². The molecular formula is C24H31N3O5S. The first-order valence-corrected chi connectivity index (χ1v) is 11.9. The molecule has 33 heavy (non-hydrogen) atoms. The van der Waals surface area contributed by atoms with Gasteiger partial charge in [-0.1, -0.05) is 17.7 Å². The van der Waals surface area contributed by atoms with E-state index in [9.17, 15) is 14.4 Å². The van der Waals surface area contributed by atoms with Gasteiger partial charge >= 0.3 is 12.1 Å². The van der Waals surface area contributed by atoms with E-state index in [0.29, 0.717) is 36.6 Å². The quantitative estimate of drug-likeness (QED) is 0.628. The number of nitrogens with zero attached hydrogens (tertiary/aromatic N) is 2. The van der Waals surface area contributed by atoms with E-state index in [4.69, 9.17) is 9.47 Å². The van der Waals surface area contributed by atoms with E-state index < -0.39 is 5.60 Å². The zero-order valence-electron chi connectivity index (χ0n) is 19.6. The summed E-state index contributed by atoms with van der Waals surface area (Å²) in [4.78, 5) is 42.9. The van der Waals surface area contributed by atoms with E-state index in [1.165, 1.54) is 11.3 Å². The molecule has 0 saturated carbocycles. The molecule has 1 fully saturated rings. The van der Waals surface area contributed by atoms with Crippen LogP contribution in [-0.2, 0) is 32.1 Å². The molecule has 3 rings (SSSR count). The number of carbonyl (C=O) groups is 3. The van der Waals surface area contributed by atoms with Gasteiger partial charge in [0.15, 0.2) is 0 Å². The summed E-state index contributed by atoms with van der Waals surface area (Å²) in [6.07, 6.45) is 0.894.